The summed E-state index contributed by atoms with van der Waals surface area (Å²) in [5.41, 5.74) is 4.70. The highest BCUT2D eigenvalue weighted by Crippen LogP contribution is 2.23. The van der Waals surface area contributed by atoms with Gasteiger partial charge in [-0.1, -0.05) is 54.1 Å². The van der Waals surface area contributed by atoms with Crippen molar-refractivity contribution in [2.45, 2.75) is 26.4 Å². The second-order valence-corrected chi connectivity index (χ2v) is 7.62. The molecule has 0 bridgehead atoms. The Kier molecular flexibility index (Phi) is 5.36. The van der Waals surface area contributed by atoms with Crippen molar-refractivity contribution in [3.63, 3.8) is 0 Å². The van der Waals surface area contributed by atoms with Crippen molar-refractivity contribution in [3.05, 3.63) is 100 Å². The van der Waals surface area contributed by atoms with Crippen LogP contribution in [0.2, 0.25) is 5.02 Å². The fourth-order valence-electron chi connectivity index (χ4n) is 3.53. The first kappa shape index (κ1) is 19.2. The van der Waals surface area contributed by atoms with Crippen molar-refractivity contribution < 1.29 is 4.79 Å². The number of halogens is 1. The van der Waals surface area contributed by atoms with Gasteiger partial charge in [0, 0.05) is 17.1 Å². The zero-order chi connectivity index (χ0) is 20.4. The van der Waals surface area contributed by atoms with Crippen LogP contribution in [0.25, 0.3) is 11.0 Å². The maximum atomic E-state index is 12.8. The SMILES string of the molecule is Cc1ccccc1C(=O)NC(C)c1nc2ccccc2n1Cc1ccc(Cl)cc1. The van der Waals surface area contributed by atoms with Gasteiger partial charge in [-0.15, -0.1) is 0 Å². The van der Waals surface area contributed by atoms with Gasteiger partial charge in [-0.25, -0.2) is 4.98 Å². The van der Waals surface area contributed by atoms with Crippen LogP contribution in [-0.4, -0.2) is 15.5 Å². The lowest BCUT2D eigenvalue weighted by Gasteiger charge is -2.17. The van der Waals surface area contributed by atoms with Crippen LogP contribution >= 0.6 is 11.6 Å². The number of para-hydroxylation sites is 2. The molecule has 3 aromatic carbocycles. The Bertz CT molecular complexity index is 1160. The van der Waals surface area contributed by atoms with Crippen LogP contribution in [0, 0.1) is 6.92 Å². The van der Waals surface area contributed by atoms with E-state index in [2.05, 4.69) is 16.0 Å². The molecule has 29 heavy (non-hydrogen) atoms. The number of nitrogens with zero attached hydrogens (tertiary/aromatic N) is 2. The molecule has 4 nitrogen and oxygen atoms in total. The molecule has 0 aliphatic rings. The highest BCUT2D eigenvalue weighted by Gasteiger charge is 2.20. The lowest BCUT2D eigenvalue weighted by atomic mass is 10.1. The number of rotatable bonds is 5. The number of fused-ring (bicyclic) bond motifs is 1. The van der Waals surface area contributed by atoms with Crippen LogP contribution in [-0.2, 0) is 6.54 Å². The van der Waals surface area contributed by atoms with Gasteiger partial charge in [-0.05, 0) is 55.3 Å². The monoisotopic (exact) mass is 403 g/mol. The number of amides is 1. The molecule has 1 N–H and O–H groups in total. The van der Waals surface area contributed by atoms with E-state index in [-0.39, 0.29) is 11.9 Å². The number of hydrogen-bond donors (Lipinski definition) is 1. The van der Waals surface area contributed by atoms with Crippen molar-refractivity contribution in [1.29, 1.82) is 0 Å². The van der Waals surface area contributed by atoms with Crippen LogP contribution in [0.5, 0.6) is 0 Å². The summed E-state index contributed by atoms with van der Waals surface area (Å²) in [6, 6.07) is 23.2. The quantitative estimate of drug-likeness (QED) is 0.475. The van der Waals surface area contributed by atoms with Gasteiger partial charge in [0.25, 0.3) is 5.91 Å². The summed E-state index contributed by atoms with van der Waals surface area (Å²) in [7, 11) is 0. The molecule has 1 aromatic heterocycles. The second kappa shape index (κ2) is 8.10. The Hall–Kier alpha value is -3.11. The lowest BCUT2D eigenvalue weighted by molar-refractivity contribution is 0.0937. The third kappa shape index (κ3) is 4.03. The topological polar surface area (TPSA) is 46.9 Å². The Morgan fingerprint density at radius 3 is 2.48 bits per heavy atom. The molecule has 0 aliphatic heterocycles. The molecule has 1 atom stereocenters. The molecule has 1 unspecified atom stereocenters. The predicted octanol–water partition coefficient (Wildman–Crippen LogP) is 5.54. The first-order valence-electron chi connectivity index (χ1n) is 9.59. The Labute approximate surface area is 175 Å². The number of benzene rings is 3. The number of aromatic nitrogens is 2. The largest absolute Gasteiger partial charge is 0.342 e. The molecule has 146 valence electrons. The third-order valence-corrected chi connectivity index (χ3v) is 5.31. The Balaban J connectivity index is 1.68. The molecule has 0 radical (unpaired) electrons. The number of imidazole rings is 1. The van der Waals surface area contributed by atoms with Gasteiger partial charge in [0.1, 0.15) is 5.82 Å². The van der Waals surface area contributed by atoms with Crippen LogP contribution in [0.1, 0.15) is 40.3 Å². The molecule has 0 saturated carbocycles. The van der Waals surface area contributed by atoms with E-state index in [0.29, 0.717) is 17.1 Å². The van der Waals surface area contributed by atoms with Crippen molar-refractivity contribution in [2.24, 2.45) is 0 Å². The highest BCUT2D eigenvalue weighted by molar-refractivity contribution is 6.30. The molecule has 0 aliphatic carbocycles. The number of carbonyl (C=O) groups excluding carboxylic acids is 1. The minimum Gasteiger partial charge on any atom is -0.342 e. The highest BCUT2D eigenvalue weighted by atomic mass is 35.5. The molecule has 4 aromatic rings. The molecule has 5 heteroatoms. The first-order valence-corrected chi connectivity index (χ1v) is 9.97. The summed E-state index contributed by atoms with van der Waals surface area (Å²) in [6.45, 7) is 4.56. The maximum absolute atomic E-state index is 12.8. The van der Waals surface area contributed by atoms with Gasteiger partial charge in [-0.3, -0.25) is 4.79 Å². The minimum absolute atomic E-state index is 0.0966. The summed E-state index contributed by atoms with van der Waals surface area (Å²) >= 11 is 6.03. The summed E-state index contributed by atoms with van der Waals surface area (Å²) < 4.78 is 2.15. The number of aryl methyl sites for hydroxylation is 1. The zero-order valence-corrected chi connectivity index (χ0v) is 17.1. The van der Waals surface area contributed by atoms with Crippen molar-refractivity contribution in [3.8, 4) is 0 Å². The van der Waals surface area contributed by atoms with E-state index in [1.165, 1.54) is 0 Å². The van der Waals surface area contributed by atoms with Gasteiger partial charge in [0.2, 0.25) is 0 Å². The van der Waals surface area contributed by atoms with E-state index < -0.39 is 0 Å². The lowest BCUT2D eigenvalue weighted by Crippen LogP contribution is -2.29. The van der Waals surface area contributed by atoms with Gasteiger partial charge < -0.3 is 9.88 Å². The van der Waals surface area contributed by atoms with E-state index in [9.17, 15) is 4.79 Å². The molecule has 0 saturated heterocycles. The minimum atomic E-state index is -0.248. The Morgan fingerprint density at radius 1 is 1.03 bits per heavy atom. The zero-order valence-electron chi connectivity index (χ0n) is 16.4. The molecule has 1 heterocycles. The normalized spacial score (nSPS) is 12.1. The van der Waals surface area contributed by atoms with Gasteiger partial charge >= 0.3 is 0 Å². The van der Waals surface area contributed by atoms with E-state index >= 15 is 0 Å². The average molecular weight is 404 g/mol. The molecular weight excluding hydrogens is 382 g/mol. The summed E-state index contributed by atoms with van der Waals surface area (Å²) in [5.74, 6) is 0.726. The van der Waals surface area contributed by atoms with E-state index in [1.54, 1.807) is 0 Å². The van der Waals surface area contributed by atoms with Crippen LogP contribution < -0.4 is 5.32 Å². The van der Waals surface area contributed by atoms with Crippen molar-refractivity contribution in [2.75, 3.05) is 0 Å². The Morgan fingerprint density at radius 2 is 1.72 bits per heavy atom. The van der Waals surface area contributed by atoms with Crippen molar-refractivity contribution in [1.82, 2.24) is 14.9 Å². The van der Waals surface area contributed by atoms with Crippen LogP contribution in [0.3, 0.4) is 0 Å². The molecular formula is C24H22ClN3O. The van der Waals surface area contributed by atoms with E-state index in [4.69, 9.17) is 16.6 Å². The average Bonchev–Trinajstić information content (AvgIpc) is 3.08. The van der Waals surface area contributed by atoms with Crippen LogP contribution in [0.15, 0.2) is 72.8 Å². The molecule has 0 spiro atoms. The standard InChI is InChI=1S/C24H22ClN3O/c1-16-7-3-4-8-20(16)24(29)26-17(2)23-27-21-9-5-6-10-22(21)28(23)15-18-11-13-19(25)14-12-18/h3-14,17H,15H2,1-2H3,(H,26,29). The van der Waals surface area contributed by atoms with E-state index in [0.717, 1.165) is 28.0 Å². The van der Waals surface area contributed by atoms with Crippen LogP contribution in [0.4, 0.5) is 0 Å². The smallest absolute Gasteiger partial charge is 0.252 e. The summed E-state index contributed by atoms with van der Waals surface area (Å²) in [6.07, 6.45) is 0. The molecule has 4 rings (SSSR count). The molecule has 0 fully saturated rings. The first-order chi connectivity index (χ1) is 14.0. The maximum Gasteiger partial charge on any atom is 0.252 e. The number of carbonyl (C=O) groups is 1. The molecule has 1 amide bonds. The summed E-state index contributed by atoms with van der Waals surface area (Å²) in [4.78, 5) is 17.6. The predicted molar refractivity (Wildman–Crippen MR) is 117 cm³/mol. The van der Waals surface area contributed by atoms with Crippen molar-refractivity contribution >= 4 is 28.5 Å². The summed E-state index contributed by atoms with van der Waals surface area (Å²) in [5, 5.41) is 3.82. The van der Waals surface area contributed by atoms with Gasteiger partial charge in [0.15, 0.2) is 0 Å². The van der Waals surface area contributed by atoms with E-state index in [1.807, 2.05) is 80.6 Å². The van der Waals surface area contributed by atoms with Gasteiger partial charge in [-0.2, -0.15) is 0 Å². The number of hydrogen-bond acceptors (Lipinski definition) is 2. The number of nitrogens with one attached hydrogen (secondary N) is 1. The third-order valence-electron chi connectivity index (χ3n) is 5.06. The fourth-order valence-corrected chi connectivity index (χ4v) is 3.66. The van der Waals surface area contributed by atoms with Gasteiger partial charge in [0.05, 0.1) is 17.1 Å². The fraction of sp³-hybridized carbons (Fsp3) is 0.167. The second-order valence-electron chi connectivity index (χ2n) is 7.18.